The van der Waals surface area contributed by atoms with Crippen molar-refractivity contribution in [1.82, 2.24) is 4.98 Å². The molecule has 0 amide bonds. The van der Waals surface area contributed by atoms with Gasteiger partial charge in [-0.2, -0.15) is 0 Å². The second-order valence-corrected chi connectivity index (χ2v) is 6.77. The van der Waals surface area contributed by atoms with Crippen LogP contribution in [0.4, 0.5) is 11.4 Å². The molecule has 1 aromatic heterocycles. The summed E-state index contributed by atoms with van der Waals surface area (Å²) in [6.45, 7) is 0. The highest BCUT2D eigenvalue weighted by atomic mass is 79.9. The number of non-ortho nitro benzene ring substituents is 1. The van der Waals surface area contributed by atoms with E-state index < -0.39 is 4.92 Å². The molecule has 0 radical (unpaired) electrons. The molecule has 4 rings (SSSR count). The van der Waals surface area contributed by atoms with Crippen molar-refractivity contribution in [1.29, 1.82) is 0 Å². The molecule has 0 saturated heterocycles. The third kappa shape index (κ3) is 3.49. The Kier molecular flexibility index (Phi) is 4.62. The molecule has 1 N–H and O–H groups in total. The first kappa shape index (κ1) is 17.9. The minimum atomic E-state index is -0.532. The summed E-state index contributed by atoms with van der Waals surface area (Å²) in [7, 11) is 0. The number of rotatable bonds is 4. The van der Waals surface area contributed by atoms with Crippen LogP contribution in [0.3, 0.4) is 0 Å². The molecule has 0 aliphatic rings. The molecule has 1 heterocycles. The highest BCUT2D eigenvalue weighted by Gasteiger charge is 2.14. The molecular weight excluding hydrogens is 426 g/mol. The average molecular weight is 438 g/mol. The zero-order valence-corrected chi connectivity index (χ0v) is 15.8. The number of halogens is 1. The van der Waals surface area contributed by atoms with Crippen molar-refractivity contribution in [2.75, 3.05) is 0 Å². The van der Waals surface area contributed by atoms with Crippen LogP contribution in [-0.4, -0.2) is 21.2 Å². The average Bonchev–Trinajstić information content (AvgIpc) is 3.13. The molecule has 0 unspecified atom stereocenters. The summed E-state index contributed by atoms with van der Waals surface area (Å²) >= 11 is 3.11. The van der Waals surface area contributed by atoms with E-state index in [1.54, 1.807) is 18.2 Å². The van der Waals surface area contributed by atoms with Gasteiger partial charge in [-0.05, 0) is 46.3 Å². The number of nitro benzene ring substituents is 1. The summed E-state index contributed by atoms with van der Waals surface area (Å²) in [5, 5.41) is 21.1. The first-order valence-electron chi connectivity index (χ1n) is 8.18. The van der Waals surface area contributed by atoms with Gasteiger partial charge in [-0.15, -0.1) is 0 Å². The Hall–Kier alpha value is -3.52. The predicted molar refractivity (Wildman–Crippen MR) is 109 cm³/mol. The van der Waals surface area contributed by atoms with Crippen LogP contribution in [0.15, 0.2) is 74.5 Å². The first-order chi connectivity index (χ1) is 13.5. The van der Waals surface area contributed by atoms with Gasteiger partial charge in [0.1, 0.15) is 11.3 Å². The molecule has 3 aromatic carbocycles. The Morgan fingerprint density at radius 3 is 2.75 bits per heavy atom. The number of phenolic OH excluding ortho intramolecular Hbond substituents is 1. The van der Waals surface area contributed by atoms with Crippen molar-refractivity contribution in [2.45, 2.75) is 0 Å². The number of nitrogens with zero attached hydrogens (tertiary/aromatic N) is 3. The van der Waals surface area contributed by atoms with Crippen LogP contribution in [0.5, 0.6) is 5.75 Å². The Morgan fingerprint density at radius 1 is 1.14 bits per heavy atom. The van der Waals surface area contributed by atoms with Crippen LogP contribution < -0.4 is 0 Å². The van der Waals surface area contributed by atoms with Gasteiger partial charge in [0.05, 0.1) is 15.1 Å². The lowest BCUT2D eigenvalue weighted by Gasteiger charge is -2.02. The summed E-state index contributed by atoms with van der Waals surface area (Å²) in [6, 6.07) is 17.2. The van der Waals surface area contributed by atoms with Crippen molar-refractivity contribution < 1.29 is 14.4 Å². The summed E-state index contributed by atoms with van der Waals surface area (Å²) in [6.07, 6.45) is 1.37. The molecule has 0 fully saturated rings. The van der Waals surface area contributed by atoms with E-state index in [0.717, 1.165) is 11.1 Å². The van der Waals surface area contributed by atoms with E-state index in [0.29, 0.717) is 17.2 Å². The SMILES string of the molecule is O=[N+]([O-])c1cc(Br)c(O)c(C=Nc2cccc(-c3nc4ccccc4o3)c2)c1. The number of nitro groups is 1. The number of aromatic nitrogens is 1. The van der Waals surface area contributed by atoms with Gasteiger partial charge in [0.25, 0.3) is 5.69 Å². The number of benzene rings is 3. The van der Waals surface area contributed by atoms with Gasteiger partial charge < -0.3 is 9.52 Å². The Balaban J connectivity index is 1.68. The van der Waals surface area contributed by atoms with E-state index in [-0.39, 0.29) is 21.5 Å². The lowest BCUT2D eigenvalue weighted by atomic mass is 10.2. The molecule has 0 aliphatic heterocycles. The topological polar surface area (TPSA) is 102 Å². The second kappa shape index (κ2) is 7.24. The number of hydrogen-bond acceptors (Lipinski definition) is 6. The van der Waals surface area contributed by atoms with E-state index in [2.05, 4.69) is 25.9 Å². The fourth-order valence-corrected chi connectivity index (χ4v) is 3.13. The van der Waals surface area contributed by atoms with Crippen LogP contribution in [0, 0.1) is 10.1 Å². The lowest BCUT2D eigenvalue weighted by Crippen LogP contribution is -1.91. The molecule has 28 heavy (non-hydrogen) atoms. The van der Waals surface area contributed by atoms with Crippen LogP contribution in [0.25, 0.3) is 22.6 Å². The molecule has 0 saturated carbocycles. The zero-order valence-electron chi connectivity index (χ0n) is 14.2. The fourth-order valence-electron chi connectivity index (χ4n) is 2.67. The fraction of sp³-hybridized carbons (Fsp3) is 0. The number of hydrogen-bond donors (Lipinski definition) is 1. The number of para-hydroxylation sites is 2. The van der Waals surface area contributed by atoms with Gasteiger partial charge in [-0.3, -0.25) is 15.1 Å². The van der Waals surface area contributed by atoms with E-state index in [1.807, 2.05) is 30.3 Å². The lowest BCUT2D eigenvalue weighted by molar-refractivity contribution is -0.385. The van der Waals surface area contributed by atoms with Gasteiger partial charge in [-0.25, -0.2) is 4.98 Å². The third-order valence-corrected chi connectivity index (χ3v) is 4.63. The van der Waals surface area contributed by atoms with Gasteiger partial charge in [0, 0.05) is 29.5 Å². The highest BCUT2D eigenvalue weighted by molar-refractivity contribution is 9.10. The zero-order chi connectivity index (χ0) is 19.7. The van der Waals surface area contributed by atoms with E-state index in [9.17, 15) is 15.2 Å². The number of aliphatic imine (C=N–C) groups is 1. The Morgan fingerprint density at radius 2 is 1.96 bits per heavy atom. The van der Waals surface area contributed by atoms with Gasteiger partial charge in [-0.1, -0.05) is 18.2 Å². The van der Waals surface area contributed by atoms with Crippen LogP contribution >= 0.6 is 15.9 Å². The molecule has 0 atom stereocenters. The number of phenols is 1. The van der Waals surface area contributed by atoms with Crippen molar-refractivity contribution in [3.8, 4) is 17.2 Å². The molecule has 7 nitrogen and oxygen atoms in total. The van der Waals surface area contributed by atoms with Gasteiger partial charge in [0.2, 0.25) is 5.89 Å². The van der Waals surface area contributed by atoms with Gasteiger partial charge in [0.15, 0.2) is 5.58 Å². The van der Waals surface area contributed by atoms with Crippen LogP contribution in [0.2, 0.25) is 0 Å². The minimum absolute atomic E-state index is 0.121. The van der Waals surface area contributed by atoms with Gasteiger partial charge >= 0.3 is 0 Å². The highest BCUT2D eigenvalue weighted by Crippen LogP contribution is 2.32. The Labute approximate surface area is 167 Å². The maximum Gasteiger partial charge on any atom is 0.271 e. The molecule has 0 bridgehead atoms. The molecule has 4 aromatic rings. The second-order valence-electron chi connectivity index (χ2n) is 5.92. The normalized spacial score (nSPS) is 11.3. The van der Waals surface area contributed by atoms with Crippen molar-refractivity contribution in [3.05, 3.63) is 80.8 Å². The summed E-state index contributed by atoms with van der Waals surface area (Å²) in [4.78, 5) is 19.3. The third-order valence-electron chi connectivity index (χ3n) is 4.03. The van der Waals surface area contributed by atoms with Crippen molar-refractivity contribution >= 4 is 44.6 Å². The largest absolute Gasteiger partial charge is 0.506 e. The van der Waals surface area contributed by atoms with Crippen LogP contribution in [0.1, 0.15) is 5.56 Å². The molecule has 138 valence electrons. The molecule has 8 heteroatoms. The minimum Gasteiger partial charge on any atom is -0.506 e. The summed E-state index contributed by atoms with van der Waals surface area (Å²) in [5.41, 5.74) is 2.87. The standard InChI is InChI=1S/C20H12BrN3O4/c21-16-10-15(24(26)27)9-13(19(16)25)11-22-14-5-3-4-12(8-14)20-23-17-6-1-2-7-18(17)28-20/h1-11,25H. The maximum absolute atomic E-state index is 11.0. The van der Waals surface area contributed by atoms with Crippen molar-refractivity contribution in [3.63, 3.8) is 0 Å². The summed E-state index contributed by atoms with van der Waals surface area (Å²) < 4.78 is 5.99. The summed E-state index contributed by atoms with van der Waals surface area (Å²) in [5.74, 6) is 0.351. The monoisotopic (exact) mass is 437 g/mol. The predicted octanol–water partition coefficient (Wildman–Crippen LogP) is 5.62. The van der Waals surface area contributed by atoms with E-state index in [1.165, 1.54) is 18.3 Å². The van der Waals surface area contributed by atoms with E-state index >= 15 is 0 Å². The van der Waals surface area contributed by atoms with Crippen LogP contribution in [-0.2, 0) is 0 Å². The first-order valence-corrected chi connectivity index (χ1v) is 8.97. The maximum atomic E-state index is 11.0. The Bertz CT molecular complexity index is 1200. The van der Waals surface area contributed by atoms with Crippen molar-refractivity contribution in [2.24, 2.45) is 4.99 Å². The number of aromatic hydroxyl groups is 1. The van der Waals surface area contributed by atoms with E-state index in [4.69, 9.17) is 4.42 Å². The number of oxazole rings is 1. The quantitative estimate of drug-likeness (QED) is 0.253. The number of fused-ring (bicyclic) bond motifs is 1. The molecular formula is C20H12BrN3O4. The molecule has 0 spiro atoms. The smallest absolute Gasteiger partial charge is 0.271 e. The molecule has 0 aliphatic carbocycles.